The Morgan fingerprint density at radius 3 is 2.70 bits per heavy atom. The van der Waals surface area contributed by atoms with Crippen LogP contribution in [0.25, 0.3) is 11.4 Å². The average Bonchev–Trinajstić information content (AvgIpc) is 3.16. The molecule has 0 atom stereocenters. The van der Waals surface area contributed by atoms with Crippen LogP contribution in [0.1, 0.15) is 12.5 Å². The van der Waals surface area contributed by atoms with Crippen molar-refractivity contribution in [1.29, 1.82) is 0 Å². The topological polar surface area (TPSA) is 114 Å². The summed E-state index contributed by atoms with van der Waals surface area (Å²) in [5.41, 5.74) is 2.47. The Balaban J connectivity index is 1.57. The van der Waals surface area contributed by atoms with Gasteiger partial charge < -0.3 is 10.3 Å². The number of non-ortho nitro benzene ring substituents is 1. The molecule has 3 aromatic rings. The maximum Gasteiger partial charge on any atom is 0.271 e. The van der Waals surface area contributed by atoms with E-state index in [4.69, 9.17) is 0 Å². The van der Waals surface area contributed by atoms with E-state index < -0.39 is 4.92 Å². The maximum atomic E-state index is 12.1. The SMILES string of the molecule is CCc1ccc(-c2nnc(SCC(=O)Nc3cccc([N+](=O)[O-])c3)[nH]2)cc1. The van der Waals surface area contributed by atoms with Crippen LogP contribution < -0.4 is 5.32 Å². The van der Waals surface area contributed by atoms with Crippen LogP contribution >= 0.6 is 11.8 Å². The van der Waals surface area contributed by atoms with Crippen molar-refractivity contribution in [3.8, 4) is 11.4 Å². The monoisotopic (exact) mass is 383 g/mol. The molecule has 0 unspecified atom stereocenters. The molecule has 1 aromatic heterocycles. The minimum absolute atomic E-state index is 0.0746. The standard InChI is InChI=1S/C18H17N5O3S/c1-2-12-6-8-13(9-7-12)17-20-18(22-21-17)27-11-16(24)19-14-4-3-5-15(10-14)23(25)26/h3-10H,2,11H2,1H3,(H,19,24)(H,20,21,22). The molecule has 0 saturated carbocycles. The van der Waals surface area contributed by atoms with Crippen LogP contribution in [0.3, 0.4) is 0 Å². The fourth-order valence-corrected chi connectivity index (χ4v) is 2.98. The number of nitrogens with zero attached hydrogens (tertiary/aromatic N) is 3. The first-order chi connectivity index (χ1) is 13.0. The average molecular weight is 383 g/mol. The number of hydrogen-bond acceptors (Lipinski definition) is 6. The molecule has 1 amide bonds. The van der Waals surface area contributed by atoms with Crippen molar-refractivity contribution in [3.63, 3.8) is 0 Å². The summed E-state index contributed by atoms with van der Waals surface area (Å²) in [4.78, 5) is 25.4. The zero-order valence-corrected chi connectivity index (χ0v) is 15.3. The van der Waals surface area contributed by atoms with Gasteiger partial charge >= 0.3 is 0 Å². The summed E-state index contributed by atoms with van der Waals surface area (Å²) in [6, 6.07) is 13.8. The molecule has 0 aliphatic carbocycles. The van der Waals surface area contributed by atoms with Crippen LogP contribution in [0, 0.1) is 10.1 Å². The number of anilines is 1. The van der Waals surface area contributed by atoms with Gasteiger partial charge in [0, 0.05) is 23.4 Å². The Morgan fingerprint density at radius 1 is 1.22 bits per heavy atom. The number of nitrogens with one attached hydrogen (secondary N) is 2. The van der Waals surface area contributed by atoms with Gasteiger partial charge in [-0.2, -0.15) is 0 Å². The Hall–Kier alpha value is -3.20. The lowest BCUT2D eigenvalue weighted by Crippen LogP contribution is -2.14. The van der Waals surface area contributed by atoms with Crippen molar-refractivity contribution in [1.82, 2.24) is 15.2 Å². The molecular weight excluding hydrogens is 366 g/mol. The van der Waals surface area contributed by atoms with Gasteiger partial charge in [0.15, 0.2) is 11.0 Å². The Morgan fingerprint density at radius 2 is 2.00 bits per heavy atom. The fraction of sp³-hybridized carbons (Fsp3) is 0.167. The smallest absolute Gasteiger partial charge is 0.271 e. The second-order valence-electron chi connectivity index (χ2n) is 5.67. The van der Waals surface area contributed by atoms with Gasteiger partial charge in [-0.25, -0.2) is 0 Å². The summed E-state index contributed by atoms with van der Waals surface area (Å²) in [5.74, 6) is 0.455. The van der Waals surface area contributed by atoms with E-state index in [2.05, 4.69) is 27.4 Å². The minimum atomic E-state index is -0.506. The molecule has 0 spiro atoms. The molecule has 2 N–H and O–H groups in total. The van der Waals surface area contributed by atoms with Gasteiger partial charge in [-0.1, -0.05) is 49.0 Å². The van der Waals surface area contributed by atoms with Crippen LogP contribution in [-0.2, 0) is 11.2 Å². The van der Waals surface area contributed by atoms with Crippen molar-refractivity contribution < 1.29 is 9.72 Å². The van der Waals surface area contributed by atoms with Gasteiger partial charge in [-0.3, -0.25) is 14.9 Å². The molecule has 0 saturated heterocycles. The van der Waals surface area contributed by atoms with Crippen LogP contribution in [0.2, 0.25) is 0 Å². The van der Waals surface area contributed by atoms with E-state index >= 15 is 0 Å². The summed E-state index contributed by atoms with van der Waals surface area (Å²) in [7, 11) is 0. The lowest BCUT2D eigenvalue weighted by Gasteiger charge is -2.03. The highest BCUT2D eigenvalue weighted by Crippen LogP contribution is 2.21. The Bertz CT molecular complexity index is 956. The lowest BCUT2D eigenvalue weighted by molar-refractivity contribution is -0.384. The molecule has 0 fully saturated rings. The highest BCUT2D eigenvalue weighted by molar-refractivity contribution is 7.99. The molecule has 2 aromatic carbocycles. The zero-order chi connectivity index (χ0) is 19.2. The normalized spacial score (nSPS) is 10.6. The summed E-state index contributed by atoms with van der Waals surface area (Å²) in [5, 5.41) is 22.1. The van der Waals surface area contributed by atoms with Crippen molar-refractivity contribution in [2.24, 2.45) is 0 Å². The minimum Gasteiger partial charge on any atom is -0.325 e. The number of aromatic nitrogens is 3. The van der Waals surface area contributed by atoms with Gasteiger partial charge in [0.1, 0.15) is 0 Å². The van der Waals surface area contributed by atoms with Crippen LogP contribution in [0.4, 0.5) is 11.4 Å². The number of nitro groups is 1. The fourth-order valence-electron chi connectivity index (χ4n) is 2.37. The number of hydrogen-bond donors (Lipinski definition) is 2. The lowest BCUT2D eigenvalue weighted by atomic mass is 10.1. The van der Waals surface area contributed by atoms with E-state index in [1.807, 2.05) is 24.3 Å². The van der Waals surface area contributed by atoms with Crippen LogP contribution in [0.5, 0.6) is 0 Å². The van der Waals surface area contributed by atoms with Gasteiger partial charge in [0.2, 0.25) is 5.91 Å². The Kier molecular flexibility index (Phi) is 5.82. The van der Waals surface area contributed by atoms with Crippen LogP contribution in [-0.4, -0.2) is 31.8 Å². The Labute approximate surface area is 159 Å². The van der Waals surface area contributed by atoms with Crippen molar-refractivity contribution >= 4 is 29.0 Å². The third-order valence-electron chi connectivity index (χ3n) is 3.78. The van der Waals surface area contributed by atoms with E-state index in [1.165, 1.54) is 35.5 Å². The van der Waals surface area contributed by atoms with Gasteiger partial charge in [-0.15, -0.1) is 10.2 Å². The van der Waals surface area contributed by atoms with Gasteiger partial charge in [0.25, 0.3) is 5.69 Å². The van der Waals surface area contributed by atoms with Crippen molar-refractivity contribution in [2.45, 2.75) is 18.5 Å². The largest absolute Gasteiger partial charge is 0.325 e. The van der Waals surface area contributed by atoms with E-state index in [0.717, 1.165) is 12.0 Å². The predicted octanol–water partition coefficient (Wildman–Crippen LogP) is 3.67. The number of benzene rings is 2. The first-order valence-electron chi connectivity index (χ1n) is 8.24. The van der Waals surface area contributed by atoms with E-state index in [0.29, 0.717) is 16.7 Å². The third kappa shape index (κ3) is 4.91. The predicted molar refractivity (Wildman–Crippen MR) is 104 cm³/mol. The second-order valence-corrected chi connectivity index (χ2v) is 6.64. The number of carbonyl (C=O) groups excluding carboxylic acids is 1. The van der Waals surface area contributed by atoms with E-state index in [9.17, 15) is 14.9 Å². The first-order valence-corrected chi connectivity index (χ1v) is 9.23. The third-order valence-corrected chi connectivity index (χ3v) is 4.65. The molecule has 0 aliphatic rings. The molecule has 0 bridgehead atoms. The van der Waals surface area contributed by atoms with Crippen molar-refractivity contribution in [3.05, 3.63) is 64.2 Å². The summed E-state index contributed by atoms with van der Waals surface area (Å²) >= 11 is 1.21. The number of H-pyrrole nitrogens is 1. The number of rotatable bonds is 7. The van der Waals surface area contributed by atoms with E-state index in [1.54, 1.807) is 6.07 Å². The van der Waals surface area contributed by atoms with Gasteiger partial charge in [-0.05, 0) is 18.1 Å². The highest BCUT2D eigenvalue weighted by Gasteiger charge is 2.11. The summed E-state index contributed by atoms with van der Waals surface area (Å²) < 4.78 is 0. The second kappa shape index (κ2) is 8.45. The van der Waals surface area contributed by atoms with E-state index in [-0.39, 0.29) is 17.3 Å². The molecule has 27 heavy (non-hydrogen) atoms. The molecular formula is C18H17N5O3S. The summed E-state index contributed by atoms with van der Waals surface area (Å²) in [6.45, 7) is 2.09. The molecule has 3 rings (SSSR count). The zero-order valence-electron chi connectivity index (χ0n) is 14.5. The number of nitro benzene ring substituents is 1. The van der Waals surface area contributed by atoms with Gasteiger partial charge in [0.05, 0.1) is 10.7 Å². The molecule has 8 nitrogen and oxygen atoms in total. The van der Waals surface area contributed by atoms with Crippen molar-refractivity contribution in [2.75, 3.05) is 11.1 Å². The van der Waals surface area contributed by atoms with Crippen LogP contribution in [0.15, 0.2) is 53.7 Å². The number of thioether (sulfide) groups is 1. The molecule has 0 radical (unpaired) electrons. The number of aromatic amines is 1. The highest BCUT2D eigenvalue weighted by atomic mass is 32.2. The molecule has 138 valence electrons. The summed E-state index contributed by atoms with van der Waals surface area (Å²) in [6.07, 6.45) is 0.970. The molecule has 9 heteroatoms. The quantitative estimate of drug-likeness (QED) is 0.365. The molecule has 1 heterocycles. The first kappa shape index (κ1) is 18.6. The number of amides is 1. The number of carbonyl (C=O) groups is 1. The maximum absolute atomic E-state index is 12.1. The number of aryl methyl sites for hydroxylation is 1. The molecule has 0 aliphatic heterocycles.